The third-order valence-electron chi connectivity index (χ3n) is 4.78. The summed E-state index contributed by atoms with van der Waals surface area (Å²) in [7, 11) is -4.17. The first-order chi connectivity index (χ1) is 13.0. The third kappa shape index (κ3) is 3.00. The summed E-state index contributed by atoms with van der Waals surface area (Å²) in [4.78, 5) is 24.6. The summed E-state index contributed by atoms with van der Waals surface area (Å²) in [6, 6.07) is 14.9. The van der Waals surface area contributed by atoms with Gasteiger partial charge in [-0.2, -0.15) is 17.0 Å². The molecule has 1 atom stereocenters. The number of ether oxygens (including phenoxy) is 1. The number of ketones is 1. The number of fused-ring (bicyclic) bond motifs is 1. The first-order valence-corrected chi connectivity index (χ1v) is 10.1. The van der Waals surface area contributed by atoms with E-state index in [0.717, 1.165) is 0 Å². The van der Waals surface area contributed by atoms with Crippen molar-refractivity contribution in [1.82, 2.24) is 4.31 Å². The molecular weight excluding hydrogens is 368 g/mol. The molecule has 0 radical (unpaired) electrons. The summed E-state index contributed by atoms with van der Waals surface area (Å²) in [6.45, 7) is 0.464. The van der Waals surface area contributed by atoms with E-state index in [1.54, 1.807) is 24.3 Å². The zero-order chi connectivity index (χ0) is 19.0. The van der Waals surface area contributed by atoms with Gasteiger partial charge in [-0.25, -0.2) is 0 Å². The molecule has 0 N–H and O–H groups in total. The second kappa shape index (κ2) is 6.79. The van der Waals surface area contributed by atoms with Gasteiger partial charge in [0.25, 0.3) is 5.78 Å². The minimum atomic E-state index is -4.17. The maximum absolute atomic E-state index is 13.2. The fourth-order valence-corrected chi connectivity index (χ4v) is 5.30. The Balaban J connectivity index is 1.59. The molecule has 2 aliphatic heterocycles. The second-order valence-corrected chi connectivity index (χ2v) is 8.18. The fourth-order valence-electron chi connectivity index (χ4n) is 3.48. The first kappa shape index (κ1) is 17.7. The van der Waals surface area contributed by atoms with Gasteiger partial charge in [-0.1, -0.05) is 30.3 Å². The quantitative estimate of drug-likeness (QED) is 0.734. The van der Waals surface area contributed by atoms with Gasteiger partial charge < -0.3 is 4.74 Å². The molecule has 1 unspecified atom stereocenters. The van der Waals surface area contributed by atoms with Crippen molar-refractivity contribution in [3.63, 3.8) is 0 Å². The molecule has 0 saturated carbocycles. The van der Waals surface area contributed by atoms with Gasteiger partial charge in [-0.15, -0.1) is 0 Å². The lowest BCUT2D eigenvalue weighted by atomic mass is 10.1. The van der Waals surface area contributed by atoms with Gasteiger partial charge in [-0.3, -0.25) is 9.59 Å². The molecule has 0 bridgehead atoms. The smallest absolute Gasteiger partial charge is 0.314 e. The predicted molar refractivity (Wildman–Crippen MR) is 98.8 cm³/mol. The highest BCUT2D eigenvalue weighted by molar-refractivity contribution is 7.91. The number of amides is 1. The van der Waals surface area contributed by atoms with Crippen LogP contribution in [0.5, 0.6) is 5.75 Å². The highest BCUT2D eigenvalue weighted by atomic mass is 32.2. The van der Waals surface area contributed by atoms with Crippen molar-refractivity contribution in [3.05, 3.63) is 60.2 Å². The summed E-state index contributed by atoms with van der Waals surface area (Å²) in [5.74, 6) is -1.18. The minimum Gasteiger partial charge on any atom is -0.492 e. The van der Waals surface area contributed by atoms with Gasteiger partial charge >= 0.3 is 16.1 Å². The number of anilines is 1. The average molecular weight is 386 g/mol. The Labute approximate surface area is 157 Å². The van der Waals surface area contributed by atoms with Crippen LogP contribution in [0, 0.1) is 0 Å². The van der Waals surface area contributed by atoms with E-state index in [0.29, 0.717) is 22.9 Å². The van der Waals surface area contributed by atoms with E-state index in [-0.39, 0.29) is 24.4 Å². The van der Waals surface area contributed by atoms with E-state index >= 15 is 0 Å². The number of nitrogens with zero attached hydrogens (tertiary/aromatic N) is 2. The van der Waals surface area contributed by atoms with Crippen molar-refractivity contribution in [3.8, 4) is 5.75 Å². The maximum atomic E-state index is 13.2. The zero-order valence-electron chi connectivity index (χ0n) is 14.4. The van der Waals surface area contributed by atoms with Crippen LogP contribution in [0.2, 0.25) is 0 Å². The molecule has 1 saturated heterocycles. The maximum Gasteiger partial charge on any atom is 0.314 e. The lowest BCUT2D eigenvalue weighted by Gasteiger charge is -2.28. The number of para-hydroxylation sites is 2. The predicted octanol–water partition coefficient (Wildman–Crippen LogP) is 2.00. The van der Waals surface area contributed by atoms with Gasteiger partial charge in [0, 0.05) is 6.54 Å². The fraction of sp³-hybridized carbons (Fsp3) is 0.263. The Morgan fingerprint density at radius 3 is 2.48 bits per heavy atom. The van der Waals surface area contributed by atoms with Crippen molar-refractivity contribution in [1.29, 1.82) is 0 Å². The highest BCUT2D eigenvalue weighted by Gasteiger charge is 2.48. The second-order valence-electron chi connectivity index (χ2n) is 6.45. The van der Waals surface area contributed by atoms with E-state index in [1.807, 2.05) is 18.2 Å². The van der Waals surface area contributed by atoms with E-state index < -0.39 is 27.9 Å². The number of Topliss-reactive ketones (excluding diaryl/α,β-unsaturated/α-hetero) is 1. The number of carbonyl (C=O) groups is 2. The van der Waals surface area contributed by atoms with Gasteiger partial charge in [0.1, 0.15) is 12.4 Å². The standard InChI is InChI=1S/C19H18N2O5S/c22-18-16-10-4-5-11-17(16)21(19(18)23)27(24,25)20-12-6-7-14(20)13-26-15-8-2-1-3-9-15/h1-5,8-11,14H,6-7,12-13H2. The summed E-state index contributed by atoms with van der Waals surface area (Å²) >= 11 is 0. The molecule has 0 spiro atoms. The topological polar surface area (TPSA) is 84.0 Å². The van der Waals surface area contributed by atoms with E-state index in [4.69, 9.17) is 4.74 Å². The van der Waals surface area contributed by atoms with Crippen molar-refractivity contribution in [2.75, 3.05) is 17.5 Å². The van der Waals surface area contributed by atoms with E-state index in [1.165, 1.54) is 16.4 Å². The number of carbonyl (C=O) groups excluding carboxylic acids is 2. The highest BCUT2D eigenvalue weighted by Crippen LogP contribution is 2.34. The molecule has 27 heavy (non-hydrogen) atoms. The molecule has 1 amide bonds. The normalized spacial score (nSPS) is 20.1. The minimum absolute atomic E-state index is 0.113. The van der Waals surface area contributed by atoms with Crippen LogP contribution in [-0.2, 0) is 15.0 Å². The Morgan fingerprint density at radius 2 is 1.70 bits per heavy atom. The van der Waals surface area contributed by atoms with E-state index in [2.05, 4.69) is 0 Å². The van der Waals surface area contributed by atoms with Gasteiger partial charge in [0.15, 0.2) is 0 Å². The monoisotopic (exact) mass is 386 g/mol. The van der Waals surface area contributed by atoms with Crippen molar-refractivity contribution in [2.24, 2.45) is 0 Å². The Morgan fingerprint density at radius 1 is 1.00 bits per heavy atom. The first-order valence-electron chi connectivity index (χ1n) is 8.68. The SMILES string of the molecule is O=C1C(=O)N(S(=O)(=O)N2CCCC2COc2ccccc2)c2ccccc21. The van der Waals surface area contributed by atoms with Gasteiger partial charge in [0.2, 0.25) is 0 Å². The van der Waals surface area contributed by atoms with Gasteiger partial charge in [-0.05, 0) is 37.1 Å². The molecule has 4 rings (SSSR count). The average Bonchev–Trinajstić information content (AvgIpc) is 3.25. The molecule has 140 valence electrons. The molecule has 8 heteroatoms. The largest absolute Gasteiger partial charge is 0.492 e. The molecule has 2 aliphatic rings. The number of rotatable bonds is 5. The summed E-state index contributed by atoms with van der Waals surface area (Å²) in [6.07, 6.45) is 1.29. The van der Waals surface area contributed by atoms with Crippen LogP contribution >= 0.6 is 0 Å². The van der Waals surface area contributed by atoms with Gasteiger partial charge in [0.05, 0.1) is 17.3 Å². The number of benzene rings is 2. The molecule has 2 aromatic carbocycles. The van der Waals surface area contributed by atoms with Crippen LogP contribution in [0.3, 0.4) is 0 Å². The van der Waals surface area contributed by atoms with E-state index in [9.17, 15) is 18.0 Å². The molecule has 2 heterocycles. The Kier molecular flexibility index (Phi) is 4.45. The molecule has 7 nitrogen and oxygen atoms in total. The van der Waals surface area contributed by atoms with Crippen LogP contribution in [0.1, 0.15) is 23.2 Å². The van der Waals surface area contributed by atoms with Crippen LogP contribution in [0.4, 0.5) is 5.69 Å². The van der Waals surface area contributed by atoms with Crippen molar-refractivity contribution < 1.29 is 22.7 Å². The molecule has 0 aromatic heterocycles. The molecule has 1 fully saturated rings. The Bertz CT molecular complexity index is 990. The van der Waals surface area contributed by atoms with Crippen LogP contribution in [-0.4, -0.2) is 43.6 Å². The number of hydrogen-bond acceptors (Lipinski definition) is 5. The Hall–Kier alpha value is -2.71. The summed E-state index contributed by atoms with van der Waals surface area (Å²) in [5, 5.41) is 0. The van der Waals surface area contributed by atoms with Crippen LogP contribution < -0.4 is 9.04 Å². The van der Waals surface area contributed by atoms with Crippen LogP contribution in [0.15, 0.2) is 54.6 Å². The lowest BCUT2D eigenvalue weighted by molar-refractivity contribution is -0.113. The molecular formula is C19H18N2O5S. The van der Waals surface area contributed by atoms with Crippen molar-refractivity contribution in [2.45, 2.75) is 18.9 Å². The lowest BCUT2D eigenvalue weighted by Crippen LogP contribution is -2.49. The number of hydrogen-bond donors (Lipinski definition) is 0. The molecule has 2 aromatic rings. The molecule has 0 aliphatic carbocycles. The van der Waals surface area contributed by atoms with Crippen LogP contribution in [0.25, 0.3) is 0 Å². The third-order valence-corrected chi connectivity index (χ3v) is 6.68. The van der Waals surface area contributed by atoms with Crippen molar-refractivity contribution >= 4 is 27.6 Å². The summed E-state index contributed by atoms with van der Waals surface area (Å²) < 4.78 is 34.0. The summed E-state index contributed by atoms with van der Waals surface area (Å²) in [5.41, 5.74) is 0.226. The zero-order valence-corrected chi connectivity index (χ0v) is 15.3.